The number of rotatable bonds is 4. The van der Waals surface area contributed by atoms with Crippen molar-refractivity contribution in [2.24, 2.45) is 5.92 Å². The Labute approximate surface area is 104 Å². The van der Waals surface area contributed by atoms with E-state index in [0.29, 0.717) is 6.07 Å². The zero-order valence-electron chi connectivity index (χ0n) is 10.2. The Hall–Kier alpha value is -1.69. The van der Waals surface area contributed by atoms with Gasteiger partial charge in [0.25, 0.3) is 5.91 Å². The lowest BCUT2D eigenvalue weighted by molar-refractivity contribution is 0.0892. The van der Waals surface area contributed by atoms with Gasteiger partial charge in [0, 0.05) is 6.07 Å². The van der Waals surface area contributed by atoms with Crippen molar-refractivity contribution < 1.29 is 18.7 Å². The smallest absolute Gasteiger partial charge is 0.254 e. The number of hydrogen-bond donors (Lipinski definition) is 3. The molecule has 0 aromatic heterocycles. The van der Waals surface area contributed by atoms with Crippen LogP contribution in [0.5, 0.6) is 0 Å². The van der Waals surface area contributed by atoms with Crippen LogP contribution in [0.1, 0.15) is 24.2 Å². The van der Waals surface area contributed by atoms with Crippen molar-refractivity contribution in [3.63, 3.8) is 0 Å². The first-order valence-corrected chi connectivity index (χ1v) is 5.53. The first-order chi connectivity index (χ1) is 8.36. The molecule has 0 aliphatic rings. The largest absolute Gasteiger partial charge is 0.396 e. The molecule has 0 aliphatic heterocycles. The number of aliphatic hydroxyl groups is 1. The zero-order valence-corrected chi connectivity index (χ0v) is 10.2. The van der Waals surface area contributed by atoms with Crippen LogP contribution in [0.3, 0.4) is 0 Å². The van der Waals surface area contributed by atoms with E-state index in [1.807, 2.05) is 0 Å². The van der Waals surface area contributed by atoms with Crippen LogP contribution in [0, 0.1) is 17.6 Å². The number of anilines is 1. The molecule has 0 unspecified atom stereocenters. The minimum absolute atomic E-state index is 0.0141. The average molecular weight is 258 g/mol. The number of carbonyl (C=O) groups is 1. The molecular formula is C12H16F2N2O2. The fourth-order valence-corrected chi connectivity index (χ4v) is 1.41. The van der Waals surface area contributed by atoms with E-state index in [1.165, 1.54) is 0 Å². The van der Waals surface area contributed by atoms with Gasteiger partial charge in [0.15, 0.2) is 0 Å². The van der Waals surface area contributed by atoms with Gasteiger partial charge in [-0.05, 0) is 12.0 Å². The molecule has 1 atom stereocenters. The van der Waals surface area contributed by atoms with Gasteiger partial charge in [0.05, 0.1) is 23.9 Å². The summed E-state index contributed by atoms with van der Waals surface area (Å²) >= 11 is 0. The second-order valence-electron chi connectivity index (χ2n) is 4.36. The molecule has 4 N–H and O–H groups in total. The highest BCUT2D eigenvalue weighted by Crippen LogP contribution is 2.17. The Kier molecular flexibility index (Phi) is 4.61. The number of nitrogen functional groups attached to an aromatic ring is 1. The minimum Gasteiger partial charge on any atom is -0.396 e. The van der Waals surface area contributed by atoms with Gasteiger partial charge in [-0.1, -0.05) is 13.8 Å². The molecule has 0 saturated carbocycles. The third-order valence-electron chi connectivity index (χ3n) is 2.65. The van der Waals surface area contributed by atoms with Gasteiger partial charge in [-0.2, -0.15) is 0 Å². The Balaban J connectivity index is 2.94. The van der Waals surface area contributed by atoms with Gasteiger partial charge in [-0.3, -0.25) is 4.79 Å². The van der Waals surface area contributed by atoms with Crippen LogP contribution >= 0.6 is 0 Å². The van der Waals surface area contributed by atoms with Crippen molar-refractivity contribution in [1.29, 1.82) is 0 Å². The first-order valence-electron chi connectivity index (χ1n) is 5.53. The third kappa shape index (κ3) is 3.16. The molecule has 1 aromatic rings. The molecule has 18 heavy (non-hydrogen) atoms. The van der Waals surface area contributed by atoms with Crippen molar-refractivity contribution in [3.05, 3.63) is 29.3 Å². The molecule has 1 aromatic carbocycles. The molecule has 0 fully saturated rings. The predicted octanol–water partition coefficient (Wildman–Crippen LogP) is 1.29. The summed E-state index contributed by atoms with van der Waals surface area (Å²) in [7, 11) is 0. The molecule has 0 heterocycles. The molecule has 1 amide bonds. The van der Waals surface area contributed by atoms with Gasteiger partial charge >= 0.3 is 0 Å². The maximum absolute atomic E-state index is 13.4. The van der Waals surface area contributed by atoms with Crippen molar-refractivity contribution in [2.75, 3.05) is 12.3 Å². The van der Waals surface area contributed by atoms with Crippen LogP contribution in [0.25, 0.3) is 0 Å². The number of amides is 1. The molecule has 100 valence electrons. The van der Waals surface area contributed by atoms with E-state index in [-0.39, 0.29) is 23.8 Å². The topological polar surface area (TPSA) is 75.3 Å². The summed E-state index contributed by atoms with van der Waals surface area (Å²) in [6.45, 7) is 3.34. The van der Waals surface area contributed by atoms with Crippen molar-refractivity contribution in [2.45, 2.75) is 19.9 Å². The normalized spacial score (nSPS) is 12.6. The summed E-state index contributed by atoms with van der Waals surface area (Å²) in [4.78, 5) is 11.8. The fourth-order valence-electron chi connectivity index (χ4n) is 1.41. The summed E-state index contributed by atoms with van der Waals surface area (Å²) in [5.41, 5.74) is 4.64. The molecular weight excluding hydrogens is 242 g/mol. The maximum Gasteiger partial charge on any atom is 0.254 e. The van der Waals surface area contributed by atoms with E-state index in [2.05, 4.69) is 5.32 Å². The van der Waals surface area contributed by atoms with E-state index < -0.39 is 23.6 Å². The summed E-state index contributed by atoms with van der Waals surface area (Å²) < 4.78 is 26.4. The predicted molar refractivity (Wildman–Crippen MR) is 63.9 cm³/mol. The third-order valence-corrected chi connectivity index (χ3v) is 2.65. The van der Waals surface area contributed by atoms with Crippen LogP contribution in [0.2, 0.25) is 0 Å². The summed E-state index contributed by atoms with van der Waals surface area (Å²) in [6.07, 6.45) is 0. The van der Waals surface area contributed by atoms with Crippen LogP contribution in [-0.4, -0.2) is 23.7 Å². The summed E-state index contributed by atoms with van der Waals surface area (Å²) in [5, 5.41) is 11.5. The molecule has 0 bridgehead atoms. The van der Waals surface area contributed by atoms with E-state index in [1.54, 1.807) is 13.8 Å². The SMILES string of the molecule is CC(C)[C@@H](CO)NC(=O)c1cc(N)c(F)cc1F. The highest BCUT2D eigenvalue weighted by atomic mass is 19.1. The lowest BCUT2D eigenvalue weighted by atomic mass is 10.0. The number of benzene rings is 1. The number of aliphatic hydroxyl groups excluding tert-OH is 1. The van der Waals surface area contributed by atoms with E-state index in [4.69, 9.17) is 10.8 Å². The number of nitrogens with one attached hydrogen (secondary N) is 1. The number of hydrogen-bond acceptors (Lipinski definition) is 3. The van der Waals surface area contributed by atoms with Crippen LogP contribution in [0.4, 0.5) is 14.5 Å². The van der Waals surface area contributed by atoms with Gasteiger partial charge in [-0.15, -0.1) is 0 Å². The molecule has 4 nitrogen and oxygen atoms in total. The van der Waals surface area contributed by atoms with Crippen LogP contribution in [-0.2, 0) is 0 Å². The standard InChI is InChI=1S/C12H16F2N2O2/c1-6(2)11(5-17)16-12(18)7-3-10(15)9(14)4-8(7)13/h3-4,6,11,17H,5,15H2,1-2H3,(H,16,18)/t11-/m1/s1. The van der Waals surface area contributed by atoms with E-state index in [0.717, 1.165) is 6.07 Å². The average Bonchev–Trinajstić information content (AvgIpc) is 2.29. The summed E-state index contributed by atoms with van der Waals surface area (Å²) in [6, 6.07) is 1.01. The maximum atomic E-state index is 13.4. The first kappa shape index (κ1) is 14.4. The van der Waals surface area contributed by atoms with Crippen LogP contribution < -0.4 is 11.1 Å². The Morgan fingerprint density at radius 1 is 1.39 bits per heavy atom. The molecule has 0 aliphatic carbocycles. The van der Waals surface area contributed by atoms with Gasteiger partial charge < -0.3 is 16.2 Å². The Morgan fingerprint density at radius 3 is 2.50 bits per heavy atom. The van der Waals surface area contributed by atoms with Crippen molar-refractivity contribution in [1.82, 2.24) is 5.32 Å². The van der Waals surface area contributed by atoms with E-state index in [9.17, 15) is 13.6 Å². The van der Waals surface area contributed by atoms with E-state index >= 15 is 0 Å². The zero-order chi connectivity index (χ0) is 13.9. The number of nitrogens with two attached hydrogens (primary N) is 1. The molecule has 0 radical (unpaired) electrons. The molecule has 1 rings (SSSR count). The van der Waals surface area contributed by atoms with Gasteiger partial charge in [-0.25, -0.2) is 8.78 Å². The monoisotopic (exact) mass is 258 g/mol. The lowest BCUT2D eigenvalue weighted by Gasteiger charge is -2.20. The fraction of sp³-hybridized carbons (Fsp3) is 0.417. The highest BCUT2D eigenvalue weighted by molar-refractivity contribution is 5.95. The minimum atomic E-state index is -0.986. The molecule has 6 heteroatoms. The Bertz CT molecular complexity index is 450. The van der Waals surface area contributed by atoms with Crippen molar-refractivity contribution in [3.8, 4) is 0 Å². The second-order valence-corrected chi connectivity index (χ2v) is 4.36. The number of carbonyl (C=O) groups excluding carboxylic acids is 1. The Morgan fingerprint density at radius 2 is 2.00 bits per heavy atom. The molecule has 0 spiro atoms. The lowest BCUT2D eigenvalue weighted by Crippen LogP contribution is -2.41. The summed E-state index contributed by atoms with van der Waals surface area (Å²) in [5.74, 6) is -2.64. The van der Waals surface area contributed by atoms with Gasteiger partial charge in [0.2, 0.25) is 0 Å². The highest BCUT2D eigenvalue weighted by Gasteiger charge is 2.20. The quantitative estimate of drug-likeness (QED) is 0.712. The number of halogens is 2. The van der Waals surface area contributed by atoms with Gasteiger partial charge in [0.1, 0.15) is 11.6 Å². The molecule has 0 saturated heterocycles. The van der Waals surface area contributed by atoms with Crippen LogP contribution in [0.15, 0.2) is 12.1 Å². The second kappa shape index (κ2) is 5.77. The van der Waals surface area contributed by atoms with Crippen molar-refractivity contribution >= 4 is 11.6 Å².